The van der Waals surface area contributed by atoms with Crippen LogP contribution in [0.25, 0.3) is 0 Å². The SMILES string of the molecule is CNC(=O)c1ccc(CNC(=O)CCc2ccc(OC)c(OC)c2OC)cc1. The smallest absolute Gasteiger partial charge is 0.251 e. The molecule has 0 aliphatic heterocycles. The third-order valence-corrected chi connectivity index (χ3v) is 4.34. The average molecular weight is 386 g/mol. The first-order valence-electron chi connectivity index (χ1n) is 8.89. The molecule has 0 aliphatic carbocycles. The van der Waals surface area contributed by atoms with Gasteiger partial charge < -0.3 is 24.8 Å². The molecular formula is C21H26N2O5. The van der Waals surface area contributed by atoms with E-state index in [-0.39, 0.29) is 11.8 Å². The molecule has 0 aliphatic rings. The average Bonchev–Trinajstić information content (AvgIpc) is 2.74. The Morgan fingerprint density at radius 2 is 1.57 bits per heavy atom. The van der Waals surface area contributed by atoms with Gasteiger partial charge in [-0.3, -0.25) is 9.59 Å². The fraction of sp³-hybridized carbons (Fsp3) is 0.333. The number of aryl methyl sites for hydroxylation is 1. The first kappa shape index (κ1) is 21.1. The Balaban J connectivity index is 1.93. The molecule has 0 fully saturated rings. The zero-order valence-corrected chi connectivity index (χ0v) is 16.6. The molecular weight excluding hydrogens is 360 g/mol. The predicted molar refractivity (Wildman–Crippen MR) is 106 cm³/mol. The molecule has 0 heterocycles. The summed E-state index contributed by atoms with van der Waals surface area (Å²) in [5.41, 5.74) is 2.37. The number of carbonyl (C=O) groups excluding carboxylic acids is 2. The molecule has 2 rings (SSSR count). The van der Waals surface area contributed by atoms with Crippen LogP contribution in [-0.4, -0.2) is 40.2 Å². The van der Waals surface area contributed by atoms with Crippen LogP contribution >= 0.6 is 0 Å². The number of amides is 2. The van der Waals surface area contributed by atoms with Crippen molar-refractivity contribution in [3.8, 4) is 17.2 Å². The van der Waals surface area contributed by atoms with Crippen molar-refractivity contribution in [2.24, 2.45) is 0 Å². The lowest BCUT2D eigenvalue weighted by Crippen LogP contribution is -2.23. The highest BCUT2D eigenvalue weighted by molar-refractivity contribution is 5.93. The monoisotopic (exact) mass is 386 g/mol. The molecule has 7 nitrogen and oxygen atoms in total. The Kier molecular flexibility index (Phi) is 7.68. The number of hydrogen-bond donors (Lipinski definition) is 2. The molecule has 0 radical (unpaired) electrons. The van der Waals surface area contributed by atoms with Crippen molar-refractivity contribution in [3.05, 3.63) is 53.1 Å². The van der Waals surface area contributed by atoms with Gasteiger partial charge in [0, 0.05) is 25.6 Å². The van der Waals surface area contributed by atoms with Crippen LogP contribution in [0.2, 0.25) is 0 Å². The standard InChI is InChI=1S/C21H26N2O5/c1-22-21(25)16-7-5-14(6-8-16)13-23-18(24)12-10-15-9-11-17(26-2)20(28-4)19(15)27-3/h5-9,11H,10,12-13H2,1-4H3,(H,22,25)(H,23,24). The van der Waals surface area contributed by atoms with Crippen LogP contribution in [-0.2, 0) is 17.8 Å². The third-order valence-electron chi connectivity index (χ3n) is 4.34. The number of carbonyl (C=O) groups is 2. The summed E-state index contributed by atoms with van der Waals surface area (Å²) in [5.74, 6) is 1.44. The third kappa shape index (κ3) is 5.16. The summed E-state index contributed by atoms with van der Waals surface area (Å²) in [5, 5.41) is 5.46. The van der Waals surface area contributed by atoms with E-state index in [0.29, 0.717) is 42.2 Å². The van der Waals surface area contributed by atoms with Crippen molar-refractivity contribution in [2.45, 2.75) is 19.4 Å². The van der Waals surface area contributed by atoms with Crippen LogP contribution in [0.1, 0.15) is 27.9 Å². The van der Waals surface area contributed by atoms with E-state index in [9.17, 15) is 9.59 Å². The van der Waals surface area contributed by atoms with Gasteiger partial charge >= 0.3 is 0 Å². The Bertz CT molecular complexity index is 818. The first-order valence-corrected chi connectivity index (χ1v) is 8.89. The van der Waals surface area contributed by atoms with Gasteiger partial charge in [0.05, 0.1) is 21.3 Å². The maximum absolute atomic E-state index is 12.2. The van der Waals surface area contributed by atoms with Gasteiger partial charge in [-0.1, -0.05) is 18.2 Å². The van der Waals surface area contributed by atoms with Crippen LogP contribution in [0.4, 0.5) is 0 Å². The Morgan fingerprint density at radius 1 is 0.893 bits per heavy atom. The zero-order valence-electron chi connectivity index (χ0n) is 16.6. The Hall–Kier alpha value is -3.22. The highest BCUT2D eigenvalue weighted by atomic mass is 16.5. The molecule has 2 aromatic rings. The molecule has 2 N–H and O–H groups in total. The summed E-state index contributed by atoms with van der Waals surface area (Å²) in [6, 6.07) is 10.8. The largest absolute Gasteiger partial charge is 0.493 e. The molecule has 150 valence electrons. The van der Waals surface area contributed by atoms with Gasteiger partial charge in [0.1, 0.15) is 0 Å². The number of hydrogen-bond acceptors (Lipinski definition) is 5. The highest BCUT2D eigenvalue weighted by Crippen LogP contribution is 2.40. The summed E-state index contributed by atoms with van der Waals surface area (Å²) >= 11 is 0. The highest BCUT2D eigenvalue weighted by Gasteiger charge is 2.16. The van der Waals surface area contributed by atoms with Crippen LogP contribution in [0.5, 0.6) is 17.2 Å². The zero-order chi connectivity index (χ0) is 20.5. The molecule has 0 saturated carbocycles. The molecule has 2 amide bonds. The number of nitrogens with one attached hydrogen (secondary N) is 2. The van der Waals surface area contributed by atoms with Gasteiger partial charge in [-0.2, -0.15) is 0 Å². The lowest BCUT2D eigenvalue weighted by Gasteiger charge is -2.15. The predicted octanol–water partition coefficient (Wildman–Crippen LogP) is 2.32. The van der Waals surface area contributed by atoms with Gasteiger partial charge in [-0.05, 0) is 35.7 Å². The summed E-state index contributed by atoms with van der Waals surface area (Å²) in [6.45, 7) is 0.399. The van der Waals surface area contributed by atoms with Crippen LogP contribution in [0.15, 0.2) is 36.4 Å². The Labute approximate surface area is 165 Å². The summed E-state index contributed by atoms with van der Waals surface area (Å²) in [4.78, 5) is 23.8. The van der Waals surface area contributed by atoms with E-state index in [1.807, 2.05) is 18.2 Å². The van der Waals surface area contributed by atoms with Crippen molar-refractivity contribution >= 4 is 11.8 Å². The second kappa shape index (κ2) is 10.2. The fourth-order valence-electron chi connectivity index (χ4n) is 2.82. The molecule has 0 aromatic heterocycles. The van der Waals surface area contributed by atoms with Gasteiger partial charge in [0.2, 0.25) is 11.7 Å². The van der Waals surface area contributed by atoms with E-state index < -0.39 is 0 Å². The maximum atomic E-state index is 12.2. The number of rotatable bonds is 9. The van der Waals surface area contributed by atoms with Crippen molar-refractivity contribution < 1.29 is 23.8 Å². The number of ether oxygens (including phenoxy) is 3. The molecule has 0 atom stereocenters. The molecule has 28 heavy (non-hydrogen) atoms. The summed E-state index contributed by atoms with van der Waals surface area (Å²) < 4.78 is 16.1. The van der Waals surface area contributed by atoms with E-state index in [0.717, 1.165) is 11.1 Å². The van der Waals surface area contributed by atoms with Crippen LogP contribution < -0.4 is 24.8 Å². The molecule has 0 saturated heterocycles. The minimum atomic E-state index is -0.139. The second-order valence-corrected chi connectivity index (χ2v) is 6.05. The second-order valence-electron chi connectivity index (χ2n) is 6.05. The van der Waals surface area contributed by atoms with Crippen molar-refractivity contribution in [1.29, 1.82) is 0 Å². The maximum Gasteiger partial charge on any atom is 0.251 e. The van der Waals surface area contributed by atoms with Crippen molar-refractivity contribution in [3.63, 3.8) is 0 Å². The summed E-state index contributed by atoms with van der Waals surface area (Å²) in [7, 11) is 6.26. The molecule has 0 bridgehead atoms. The van der Waals surface area contributed by atoms with Gasteiger partial charge in [-0.25, -0.2) is 0 Å². The number of benzene rings is 2. The van der Waals surface area contributed by atoms with Crippen molar-refractivity contribution in [2.75, 3.05) is 28.4 Å². The molecule has 2 aromatic carbocycles. The van der Waals surface area contributed by atoms with Crippen LogP contribution in [0.3, 0.4) is 0 Å². The van der Waals surface area contributed by atoms with Crippen LogP contribution in [0, 0.1) is 0 Å². The van der Waals surface area contributed by atoms with Gasteiger partial charge in [0.15, 0.2) is 11.5 Å². The van der Waals surface area contributed by atoms with E-state index in [1.165, 1.54) is 0 Å². The molecule has 0 spiro atoms. The van der Waals surface area contributed by atoms with E-state index >= 15 is 0 Å². The minimum Gasteiger partial charge on any atom is -0.493 e. The first-order chi connectivity index (χ1) is 13.5. The Morgan fingerprint density at radius 3 is 2.14 bits per heavy atom. The lowest BCUT2D eigenvalue weighted by atomic mass is 10.1. The van der Waals surface area contributed by atoms with Gasteiger partial charge in [-0.15, -0.1) is 0 Å². The van der Waals surface area contributed by atoms with E-state index in [1.54, 1.807) is 46.6 Å². The minimum absolute atomic E-state index is 0.0767. The topological polar surface area (TPSA) is 85.9 Å². The molecule has 7 heteroatoms. The van der Waals surface area contributed by atoms with Crippen molar-refractivity contribution in [1.82, 2.24) is 10.6 Å². The van der Waals surface area contributed by atoms with E-state index in [2.05, 4.69) is 10.6 Å². The number of methoxy groups -OCH3 is 3. The molecule has 0 unspecified atom stereocenters. The fourth-order valence-corrected chi connectivity index (χ4v) is 2.82. The quantitative estimate of drug-likeness (QED) is 0.691. The lowest BCUT2D eigenvalue weighted by molar-refractivity contribution is -0.121. The normalized spacial score (nSPS) is 10.1. The summed E-state index contributed by atoms with van der Waals surface area (Å²) in [6.07, 6.45) is 0.813. The van der Waals surface area contributed by atoms with E-state index in [4.69, 9.17) is 14.2 Å². The van der Waals surface area contributed by atoms with Gasteiger partial charge in [0.25, 0.3) is 5.91 Å².